The Balaban J connectivity index is 1.76. The van der Waals surface area contributed by atoms with Crippen molar-refractivity contribution in [3.8, 4) is 11.5 Å². The highest BCUT2D eigenvalue weighted by atomic mass is 32.1. The number of fused-ring (bicyclic) bond motifs is 1. The molecule has 3 rings (SSSR count). The molecule has 0 aliphatic carbocycles. The van der Waals surface area contributed by atoms with Crippen molar-refractivity contribution in [1.82, 2.24) is 5.32 Å². The van der Waals surface area contributed by atoms with E-state index in [1.54, 1.807) is 23.5 Å². The molecule has 1 aliphatic rings. The Bertz CT molecular complexity index is 639. The van der Waals surface area contributed by atoms with Gasteiger partial charge in [0.2, 0.25) is 0 Å². The molecule has 5 heteroatoms. The molecule has 0 spiro atoms. The molecule has 1 aliphatic heterocycles. The van der Waals surface area contributed by atoms with E-state index >= 15 is 0 Å². The second kappa shape index (κ2) is 6.83. The number of rotatable bonds is 4. The van der Waals surface area contributed by atoms with E-state index in [1.165, 1.54) is 4.88 Å². The summed E-state index contributed by atoms with van der Waals surface area (Å²) in [6.07, 6.45) is 1.71. The maximum atomic E-state index is 12.5. The van der Waals surface area contributed by atoms with E-state index in [2.05, 4.69) is 12.2 Å². The lowest BCUT2D eigenvalue weighted by molar-refractivity contribution is 0.0936. The summed E-state index contributed by atoms with van der Waals surface area (Å²) in [5.41, 5.74) is 0.597. The van der Waals surface area contributed by atoms with Gasteiger partial charge in [0, 0.05) is 16.9 Å². The Morgan fingerprint density at radius 2 is 2.09 bits per heavy atom. The lowest BCUT2D eigenvalue weighted by Gasteiger charge is -2.16. The fourth-order valence-corrected chi connectivity index (χ4v) is 3.27. The quantitative estimate of drug-likeness (QED) is 0.933. The summed E-state index contributed by atoms with van der Waals surface area (Å²) in [5.74, 6) is 1.27. The molecule has 2 heterocycles. The summed E-state index contributed by atoms with van der Waals surface area (Å²) >= 11 is 1.66. The van der Waals surface area contributed by atoms with Gasteiger partial charge < -0.3 is 14.8 Å². The number of benzene rings is 1. The molecule has 116 valence electrons. The molecule has 0 fully saturated rings. The van der Waals surface area contributed by atoms with Gasteiger partial charge in [0.1, 0.15) is 0 Å². The van der Waals surface area contributed by atoms with Crippen molar-refractivity contribution in [2.75, 3.05) is 13.2 Å². The molecule has 1 amide bonds. The third-order valence-corrected chi connectivity index (χ3v) is 4.60. The summed E-state index contributed by atoms with van der Waals surface area (Å²) in [7, 11) is 0. The summed E-state index contributed by atoms with van der Waals surface area (Å²) < 4.78 is 11.2. The van der Waals surface area contributed by atoms with Gasteiger partial charge in [-0.3, -0.25) is 4.79 Å². The van der Waals surface area contributed by atoms with Gasteiger partial charge in [0.25, 0.3) is 5.91 Å². The molecule has 1 N–H and O–H groups in total. The second-order valence-electron chi connectivity index (χ2n) is 5.16. The molecule has 1 unspecified atom stereocenters. The van der Waals surface area contributed by atoms with Gasteiger partial charge in [-0.15, -0.1) is 11.3 Å². The molecule has 1 aromatic heterocycles. The van der Waals surface area contributed by atoms with Crippen LogP contribution in [0.3, 0.4) is 0 Å². The van der Waals surface area contributed by atoms with Crippen LogP contribution in [0.25, 0.3) is 0 Å². The monoisotopic (exact) mass is 317 g/mol. The Hall–Kier alpha value is -2.01. The van der Waals surface area contributed by atoms with Crippen LogP contribution in [0.2, 0.25) is 0 Å². The zero-order valence-electron chi connectivity index (χ0n) is 12.5. The number of amides is 1. The SMILES string of the molecule is CCC(NC(=O)c1ccc2c(c1)OCCCO2)c1cccs1. The number of thiophene rings is 1. The largest absolute Gasteiger partial charge is 0.490 e. The average molecular weight is 317 g/mol. The first kappa shape index (κ1) is 14.9. The zero-order chi connectivity index (χ0) is 15.4. The number of nitrogens with one attached hydrogen (secondary N) is 1. The van der Waals surface area contributed by atoms with Gasteiger partial charge in [-0.1, -0.05) is 13.0 Å². The van der Waals surface area contributed by atoms with Crippen LogP contribution in [0.15, 0.2) is 35.7 Å². The van der Waals surface area contributed by atoms with E-state index in [1.807, 2.05) is 23.6 Å². The van der Waals surface area contributed by atoms with Crippen molar-refractivity contribution in [2.24, 2.45) is 0 Å². The maximum Gasteiger partial charge on any atom is 0.251 e. The second-order valence-corrected chi connectivity index (χ2v) is 6.14. The van der Waals surface area contributed by atoms with Crippen LogP contribution in [-0.2, 0) is 0 Å². The van der Waals surface area contributed by atoms with Crippen molar-refractivity contribution < 1.29 is 14.3 Å². The molecule has 22 heavy (non-hydrogen) atoms. The van der Waals surface area contributed by atoms with E-state index < -0.39 is 0 Å². The molecule has 0 saturated heterocycles. The van der Waals surface area contributed by atoms with Gasteiger partial charge >= 0.3 is 0 Å². The van der Waals surface area contributed by atoms with E-state index in [-0.39, 0.29) is 11.9 Å². The molecular weight excluding hydrogens is 298 g/mol. The number of carbonyl (C=O) groups excluding carboxylic acids is 1. The van der Waals surface area contributed by atoms with Crippen LogP contribution in [0.1, 0.15) is 41.0 Å². The molecule has 1 atom stereocenters. The Kier molecular flexibility index (Phi) is 4.63. The third-order valence-electron chi connectivity index (χ3n) is 3.61. The van der Waals surface area contributed by atoms with E-state index in [4.69, 9.17) is 9.47 Å². The molecule has 0 bridgehead atoms. The standard InChI is InChI=1S/C17H19NO3S/c1-2-13(16-5-3-10-22-16)18-17(19)12-6-7-14-15(11-12)21-9-4-8-20-14/h3,5-7,10-11,13H,2,4,8-9H2,1H3,(H,18,19). The predicted octanol–water partition coefficient (Wildman–Crippen LogP) is 3.79. The van der Waals surface area contributed by atoms with Crippen molar-refractivity contribution in [3.05, 3.63) is 46.2 Å². The topological polar surface area (TPSA) is 47.6 Å². The van der Waals surface area contributed by atoms with E-state index in [0.717, 1.165) is 12.8 Å². The summed E-state index contributed by atoms with van der Waals surface area (Å²) in [5, 5.41) is 5.11. The average Bonchev–Trinajstić information content (AvgIpc) is 2.97. The first-order valence-electron chi connectivity index (χ1n) is 7.52. The van der Waals surface area contributed by atoms with E-state index in [0.29, 0.717) is 30.3 Å². The molecule has 0 saturated carbocycles. The Morgan fingerprint density at radius 1 is 1.27 bits per heavy atom. The first-order valence-corrected chi connectivity index (χ1v) is 8.40. The predicted molar refractivity (Wildman–Crippen MR) is 86.9 cm³/mol. The summed E-state index contributed by atoms with van der Waals surface area (Å²) in [6, 6.07) is 9.45. The normalized spacial score (nSPS) is 15.0. The highest BCUT2D eigenvalue weighted by molar-refractivity contribution is 7.10. The fraction of sp³-hybridized carbons (Fsp3) is 0.353. The van der Waals surface area contributed by atoms with Gasteiger partial charge in [-0.25, -0.2) is 0 Å². The minimum atomic E-state index is -0.0871. The summed E-state index contributed by atoms with van der Waals surface area (Å²) in [4.78, 5) is 13.6. The van der Waals surface area contributed by atoms with Gasteiger partial charge in [-0.2, -0.15) is 0 Å². The van der Waals surface area contributed by atoms with Crippen molar-refractivity contribution in [3.63, 3.8) is 0 Å². The molecule has 4 nitrogen and oxygen atoms in total. The lowest BCUT2D eigenvalue weighted by Crippen LogP contribution is -2.27. The van der Waals surface area contributed by atoms with Gasteiger partial charge in [-0.05, 0) is 36.1 Å². The van der Waals surface area contributed by atoms with Crippen molar-refractivity contribution >= 4 is 17.2 Å². The highest BCUT2D eigenvalue weighted by Crippen LogP contribution is 2.31. The van der Waals surface area contributed by atoms with Crippen LogP contribution >= 0.6 is 11.3 Å². The van der Waals surface area contributed by atoms with Crippen molar-refractivity contribution in [1.29, 1.82) is 0 Å². The van der Waals surface area contributed by atoms with Gasteiger partial charge in [0.05, 0.1) is 19.3 Å². The Morgan fingerprint density at radius 3 is 2.82 bits per heavy atom. The molecular formula is C17H19NO3S. The molecule has 0 radical (unpaired) electrons. The maximum absolute atomic E-state index is 12.5. The van der Waals surface area contributed by atoms with Crippen LogP contribution in [-0.4, -0.2) is 19.1 Å². The zero-order valence-corrected chi connectivity index (χ0v) is 13.3. The minimum absolute atomic E-state index is 0.0449. The fourth-order valence-electron chi connectivity index (χ4n) is 2.41. The summed E-state index contributed by atoms with van der Waals surface area (Å²) in [6.45, 7) is 3.33. The third kappa shape index (κ3) is 3.25. The number of hydrogen-bond donors (Lipinski definition) is 1. The van der Waals surface area contributed by atoms with Crippen molar-refractivity contribution in [2.45, 2.75) is 25.8 Å². The Labute approximate surface area is 134 Å². The van der Waals surface area contributed by atoms with Crippen LogP contribution in [0.4, 0.5) is 0 Å². The number of ether oxygens (including phenoxy) is 2. The minimum Gasteiger partial charge on any atom is -0.490 e. The molecule has 1 aromatic carbocycles. The molecule has 2 aromatic rings. The van der Waals surface area contributed by atoms with Gasteiger partial charge in [0.15, 0.2) is 11.5 Å². The highest BCUT2D eigenvalue weighted by Gasteiger charge is 2.17. The van der Waals surface area contributed by atoms with Crippen LogP contribution in [0, 0.1) is 0 Å². The smallest absolute Gasteiger partial charge is 0.251 e. The first-order chi connectivity index (χ1) is 10.8. The lowest BCUT2D eigenvalue weighted by atomic mass is 10.1. The van der Waals surface area contributed by atoms with Crippen LogP contribution < -0.4 is 14.8 Å². The number of carbonyl (C=O) groups is 1. The number of hydrogen-bond acceptors (Lipinski definition) is 4. The van der Waals surface area contributed by atoms with E-state index in [9.17, 15) is 4.79 Å². The van der Waals surface area contributed by atoms with Crippen LogP contribution in [0.5, 0.6) is 11.5 Å².